The molecule has 1 aliphatic carbocycles. The Balaban J connectivity index is 2.45. The van der Waals surface area contributed by atoms with E-state index in [0.717, 1.165) is 18.6 Å². The number of benzene rings is 1. The highest BCUT2D eigenvalue weighted by Gasteiger charge is 2.37. The highest BCUT2D eigenvalue weighted by molar-refractivity contribution is 7.92. The van der Waals surface area contributed by atoms with Crippen molar-refractivity contribution in [3.63, 3.8) is 0 Å². The standard InChI is InChI=1S/C14H19F2NO2S/c1-8-3-9(2)5-11(4-8)20(18,19)14-12(15)6-10(17)7-13(14)16/h6-9,11H,3-5,17H2,1-2H3. The topological polar surface area (TPSA) is 60.2 Å². The first-order chi connectivity index (χ1) is 9.21. The summed E-state index contributed by atoms with van der Waals surface area (Å²) in [6, 6.07) is 1.71. The van der Waals surface area contributed by atoms with E-state index < -0.39 is 31.6 Å². The largest absolute Gasteiger partial charge is 0.399 e. The van der Waals surface area contributed by atoms with Crippen molar-refractivity contribution in [1.29, 1.82) is 0 Å². The van der Waals surface area contributed by atoms with Gasteiger partial charge in [0.2, 0.25) is 0 Å². The third kappa shape index (κ3) is 2.80. The summed E-state index contributed by atoms with van der Waals surface area (Å²) in [4.78, 5) is -0.835. The molecule has 1 aliphatic rings. The van der Waals surface area contributed by atoms with Crippen molar-refractivity contribution in [2.24, 2.45) is 11.8 Å². The van der Waals surface area contributed by atoms with Gasteiger partial charge in [-0.05, 0) is 43.2 Å². The zero-order chi connectivity index (χ0) is 15.1. The fraction of sp³-hybridized carbons (Fsp3) is 0.571. The monoisotopic (exact) mass is 303 g/mol. The molecule has 0 aromatic heterocycles. The molecule has 0 bridgehead atoms. The lowest BCUT2D eigenvalue weighted by molar-refractivity contribution is 0.300. The number of nitrogen functional groups attached to an aromatic ring is 1. The number of hydrogen-bond donors (Lipinski definition) is 1. The number of anilines is 1. The Kier molecular flexibility index (Phi) is 4.04. The number of nitrogens with two attached hydrogens (primary N) is 1. The molecule has 0 spiro atoms. The second kappa shape index (κ2) is 5.31. The zero-order valence-corrected chi connectivity index (χ0v) is 12.4. The summed E-state index contributed by atoms with van der Waals surface area (Å²) >= 11 is 0. The molecule has 1 aromatic carbocycles. The highest BCUT2D eigenvalue weighted by Crippen LogP contribution is 2.36. The Hall–Kier alpha value is -1.17. The van der Waals surface area contributed by atoms with Gasteiger partial charge >= 0.3 is 0 Å². The summed E-state index contributed by atoms with van der Waals surface area (Å²) in [7, 11) is -4.01. The lowest BCUT2D eigenvalue weighted by Crippen LogP contribution is -2.32. The first-order valence-electron chi connectivity index (χ1n) is 6.70. The van der Waals surface area contributed by atoms with Crippen LogP contribution < -0.4 is 5.73 Å². The number of halogens is 2. The summed E-state index contributed by atoms with van der Waals surface area (Å²) in [5.41, 5.74) is 5.20. The van der Waals surface area contributed by atoms with Gasteiger partial charge < -0.3 is 5.73 Å². The molecule has 0 amide bonds. The molecule has 1 saturated carbocycles. The Morgan fingerprint density at radius 3 is 1.95 bits per heavy atom. The van der Waals surface area contributed by atoms with E-state index in [0.29, 0.717) is 12.8 Å². The van der Waals surface area contributed by atoms with E-state index in [2.05, 4.69) is 0 Å². The quantitative estimate of drug-likeness (QED) is 0.854. The van der Waals surface area contributed by atoms with E-state index in [1.54, 1.807) is 0 Å². The maximum atomic E-state index is 13.9. The van der Waals surface area contributed by atoms with Crippen LogP contribution in [0.15, 0.2) is 17.0 Å². The molecular formula is C14H19F2NO2S. The highest BCUT2D eigenvalue weighted by atomic mass is 32.2. The van der Waals surface area contributed by atoms with Gasteiger partial charge in [-0.2, -0.15) is 0 Å². The van der Waals surface area contributed by atoms with Crippen molar-refractivity contribution in [3.05, 3.63) is 23.8 Å². The molecular weight excluding hydrogens is 284 g/mol. The summed E-state index contributed by atoms with van der Waals surface area (Å²) < 4.78 is 52.7. The van der Waals surface area contributed by atoms with Gasteiger partial charge in [-0.15, -0.1) is 0 Å². The van der Waals surface area contributed by atoms with Crippen molar-refractivity contribution >= 4 is 15.5 Å². The maximum Gasteiger partial charge on any atom is 0.187 e. The molecule has 2 unspecified atom stereocenters. The van der Waals surface area contributed by atoms with Crippen molar-refractivity contribution in [1.82, 2.24) is 0 Å². The van der Waals surface area contributed by atoms with E-state index in [-0.39, 0.29) is 17.5 Å². The lowest BCUT2D eigenvalue weighted by atomic mass is 9.83. The number of hydrogen-bond acceptors (Lipinski definition) is 3. The van der Waals surface area contributed by atoms with Crippen LogP contribution in [0.4, 0.5) is 14.5 Å². The average Bonchev–Trinajstić information content (AvgIpc) is 2.25. The van der Waals surface area contributed by atoms with Crippen molar-refractivity contribution in [2.45, 2.75) is 43.3 Å². The van der Waals surface area contributed by atoms with E-state index in [1.807, 2.05) is 13.8 Å². The van der Waals surface area contributed by atoms with Gasteiger partial charge in [0.15, 0.2) is 9.84 Å². The van der Waals surface area contributed by atoms with Crippen LogP contribution in [-0.4, -0.2) is 13.7 Å². The van der Waals surface area contributed by atoms with Crippen molar-refractivity contribution < 1.29 is 17.2 Å². The summed E-state index contributed by atoms with van der Waals surface area (Å²) in [6.07, 6.45) is 1.82. The van der Waals surface area contributed by atoms with Crippen LogP contribution in [0.25, 0.3) is 0 Å². The molecule has 112 valence electrons. The van der Waals surface area contributed by atoms with Crippen molar-refractivity contribution in [3.8, 4) is 0 Å². The van der Waals surface area contributed by atoms with E-state index >= 15 is 0 Å². The normalized spacial score (nSPS) is 27.5. The van der Waals surface area contributed by atoms with Gasteiger partial charge in [0.05, 0.1) is 5.25 Å². The van der Waals surface area contributed by atoms with Crippen molar-refractivity contribution in [2.75, 3.05) is 5.73 Å². The van der Waals surface area contributed by atoms with E-state index in [9.17, 15) is 17.2 Å². The predicted octanol–water partition coefficient (Wildman–Crippen LogP) is 3.15. The molecule has 20 heavy (non-hydrogen) atoms. The zero-order valence-electron chi connectivity index (χ0n) is 11.6. The second-order valence-corrected chi connectivity index (χ2v) is 8.06. The third-order valence-electron chi connectivity index (χ3n) is 3.88. The summed E-state index contributed by atoms with van der Waals surface area (Å²) in [6.45, 7) is 3.93. The first-order valence-corrected chi connectivity index (χ1v) is 8.25. The predicted molar refractivity (Wildman–Crippen MR) is 73.9 cm³/mol. The minimum absolute atomic E-state index is 0.121. The van der Waals surface area contributed by atoms with Gasteiger partial charge in [0.1, 0.15) is 16.5 Å². The summed E-state index contributed by atoms with van der Waals surface area (Å²) in [5, 5.41) is -0.728. The van der Waals surface area contributed by atoms with Gasteiger partial charge in [0.25, 0.3) is 0 Å². The fourth-order valence-electron chi connectivity index (χ4n) is 3.14. The average molecular weight is 303 g/mol. The molecule has 0 aliphatic heterocycles. The minimum Gasteiger partial charge on any atom is -0.399 e. The fourth-order valence-corrected chi connectivity index (χ4v) is 5.30. The minimum atomic E-state index is -4.01. The van der Waals surface area contributed by atoms with E-state index in [1.165, 1.54) is 0 Å². The smallest absolute Gasteiger partial charge is 0.187 e. The van der Waals surface area contributed by atoms with Crippen LogP contribution in [0, 0.1) is 23.5 Å². The maximum absolute atomic E-state index is 13.9. The molecule has 3 nitrogen and oxygen atoms in total. The van der Waals surface area contributed by atoms with Crippen LogP contribution in [0.1, 0.15) is 33.1 Å². The van der Waals surface area contributed by atoms with Crippen LogP contribution in [-0.2, 0) is 9.84 Å². The summed E-state index contributed by atoms with van der Waals surface area (Å²) in [5.74, 6) is -1.74. The second-order valence-electron chi connectivity index (χ2n) is 5.90. The molecule has 6 heteroatoms. The van der Waals surface area contributed by atoms with Crippen LogP contribution in [0.3, 0.4) is 0 Å². The Labute approximate surface area is 118 Å². The molecule has 1 fully saturated rings. The van der Waals surface area contributed by atoms with Gasteiger partial charge in [-0.3, -0.25) is 0 Å². The SMILES string of the molecule is CC1CC(C)CC(S(=O)(=O)c2c(F)cc(N)cc2F)C1. The number of rotatable bonds is 2. The molecule has 0 heterocycles. The van der Waals surface area contributed by atoms with Crippen LogP contribution in [0.2, 0.25) is 0 Å². The molecule has 0 saturated heterocycles. The van der Waals surface area contributed by atoms with Crippen LogP contribution >= 0.6 is 0 Å². The Morgan fingerprint density at radius 2 is 1.50 bits per heavy atom. The third-order valence-corrected chi connectivity index (χ3v) is 6.10. The Morgan fingerprint density at radius 1 is 1.05 bits per heavy atom. The molecule has 2 rings (SSSR count). The lowest BCUT2D eigenvalue weighted by Gasteiger charge is -2.31. The van der Waals surface area contributed by atoms with E-state index in [4.69, 9.17) is 5.73 Å². The number of sulfone groups is 1. The van der Waals surface area contributed by atoms with Gasteiger partial charge in [-0.25, -0.2) is 17.2 Å². The van der Waals surface area contributed by atoms with Gasteiger partial charge in [-0.1, -0.05) is 13.8 Å². The van der Waals surface area contributed by atoms with Gasteiger partial charge in [0, 0.05) is 5.69 Å². The van der Waals surface area contributed by atoms with Crippen LogP contribution in [0.5, 0.6) is 0 Å². The molecule has 0 radical (unpaired) electrons. The molecule has 2 N–H and O–H groups in total. The first kappa shape index (κ1) is 15.2. The Bertz CT molecular complexity index is 583. The molecule has 2 atom stereocenters. The molecule has 1 aromatic rings.